The summed E-state index contributed by atoms with van der Waals surface area (Å²) < 4.78 is 40.1. The van der Waals surface area contributed by atoms with Crippen molar-refractivity contribution in [2.75, 3.05) is 26.2 Å². The molecule has 0 radical (unpaired) electrons. The molecule has 4 rings (SSSR count). The van der Waals surface area contributed by atoms with Crippen LogP contribution < -0.4 is 5.32 Å². The highest BCUT2D eigenvalue weighted by Gasteiger charge is 2.54. The van der Waals surface area contributed by atoms with Crippen LogP contribution in [0, 0.1) is 11.3 Å². The summed E-state index contributed by atoms with van der Waals surface area (Å²) in [6.07, 6.45) is -2.86. The molecule has 0 aromatic heterocycles. The van der Waals surface area contributed by atoms with Gasteiger partial charge >= 0.3 is 12.1 Å². The van der Waals surface area contributed by atoms with Gasteiger partial charge in [-0.15, -0.1) is 0 Å². The molecule has 2 aliphatic heterocycles. The Morgan fingerprint density at radius 1 is 1.24 bits per heavy atom. The summed E-state index contributed by atoms with van der Waals surface area (Å²) in [6, 6.07) is 10.9. The fourth-order valence-electron chi connectivity index (χ4n) is 4.92. The SMILES string of the molecule is N#CCC1(N2CCC(N(C(=O)C(F)(F)F)[C@@H]3CC3c3ccccc3)CC2)CNC1. The number of nitrogens with one attached hydrogen (secondary N) is 1. The first-order chi connectivity index (χ1) is 13.9. The Morgan fingerprint density at radius 3 is 2.41 bits per heavy atom. The van der Waals surface area contributed by atoms with Crippen LogP contribution in [-0.4, -0.2) is 65.7 Å². The molecule has 0 spiro atoms. The molecule has 0 bridgehead atoms. The van der Waals surface area contributed by atoms with Gasteiger partial charge < -0.3 is 10.2 Å². The Bertz CT molecular complexity index is 779. The Balaban J connectivity index is 1.47. The molecule has 1 aromatic carbocycles. The van der Waals surface area contributed by atoms with E-state index in [2.05, 4.69) is 16.3 Å². The van der Waals surface area contributed by atoms with Crippen LogP contribution in [0.3, 0.4) is 0 Å². The summed E-state index contributed by atoms with van der Waals surface area (Å²) >= 11 is 0. The van der Waals surface area contributed by atoms with E-state index in [1.165, 1.54) is 0 Å². The van der Waals surface area contributed by atoms with E-state index in [-0.39, 0.29) is 17.5 Å². The van der Waals surface area contributed by atoms with E-state index in [1.54, 1.807) is 0 Å². The lowest BCUT2D eigenvalue weighted by atomic mass is 9.84. The Labute approximate surface area is 168 Å². The van der Waals surface area contributed by atoms with Crippen LogP contribution in [0.25, 0.3) is 0 Å². The summed E-state index contributed by atoms with van der Waals surface area (Å²) in [7, 11) is 0. The molecule has 1 amide bonds. The minimum atomic E-state index is -4.86. The van der Waals surface area contributed by atoms with Crippen molar-refractivity contribution in [3.8, 4) is 6.07 Å². The molecule has 2 heterocycles. The van der Waals surface area contributed by atoms with Crippen molar-refractivity contribution < 1.29 is 18.0 Å². The number of carbonyl (C=O) groups excluding carboxylic acids is 1. The first kappa shape index (κ1) is 20.2. The van der Waals surface area contributed by atoms with Crippen LogP contribution in [0.2, 0.25) is 0 Å². The quantitative estimate of drug-likeness (QED) is 0.817. The van der Waals surface area contributed by atoms with Crippen LogP contribution in [0.1, 0.15) is 37.2 Å². The summed E-state index contributed by atoms with van der Waals surface area (Å²) in [5.41, 5.74) is 0.786. The van der Waals surface area contributed by atoms with Crippen molar-refractivity contribution in [2.24, 2.45) is 0 Å². The fourth-order valence-corrected chi connectivity index (χ4v) is 4.92. The lowest BCUT2D eigenvalue weighted by Crippen LogP contribution is -2.70. The Hall–Kier alpha value is -2.11. The van der Waals surface area contributed by atoms with Gasteiger partial charge in [0.15, 0.2) is 0 Å². The summed E-state index contributed by atoms with van der Waals surface area (Å²) in [5, 5.41) is 12.3. The number of hydrogen-bond donors (Lipinski definition) is 1. The lowest BCUT2D eigenvalue weighted by molar-refractivity contribution is -0.190. The van der Waals surface area contributed by atoms with Crippen molar-refractivity contribution in [2.45, 2.75) is 55.4 Å². The maximum Gasteiger partial charge on any atom is 0.471 e. The normalized spacial score (nSPS) is 27.0. The van der Waals surface area contributed by atoms with Gasteiger partial charge in [0.05, 0.1) is 18.0 Å². The largest absolute Gasteiger partial charge is 0.471 e. The van der Waals surface area contributed by atoms with Gasteiger partial charge in [-0.3, -0.25) is 9.69 Å². The minimum absolute atomic E-state index is 0.0266. The summed E-state index contributed by atoms with van der Waals surface area (Å²) in [6.45, 7) is 2.68. The van der Waals surface area contributed by atoms with Gasteiger partial charge in [0.25, 0.3) is 0 Å². The molecule has 3 aliphatic rings. The third-order valence-corrected chi connectivity index (χ3v) is 6.66. The standard InChI is InChI=1S/C21H25F3N4O/c22-21(23,24)19(29)28(18-12-17(18)15-4-2-1-3-5-15)16-6-10-27(11-7-16)20(8-9-25)13-26-14-20/h1-5,16-18,26H,6-8,10-14H2/t17?,18-/m1/s1. The zero-order valence-corrected chi connectivity index (χ0v) is 16.2. The van der Waals surface area contributed by atoms with E-state index >= 15 is 0 Å². The maximum atomic E-state index is 13.4. The van der Waals surface area contributed by atoms with Crippen LogP contribution in [0.15, 0.2) is 30.3 Å². The highest BCUT2D eigenvalue weighted by atomic mass is 19.4. The second-order valence-corrected chi connectivity index (χ2v) is 8.41. The number of likely N-dealkylation sites (tertiary alicyclic amines) is 1. The average Bonchev–Trinajstić information content (AvgIpc) is 3.46. The number of benzene rings is 1. The predicted molar refractivity (Wildman–Crippen MR) is 101 cm³/mol. The summed E-state index contributed by atoms with van der Waals surface area (Å²) in [5.74, 6) is -1.74. The highest BCUT2D eigenvalue weighted by Crippen LogP contribution is 2.47. The van der Waals surface area contributed by atoms with Crippen LogP contribution in [-0.2, 0) is 4.79 Å². The van der Waals surface area contributed by atoms with Gasteiger partial charge in [0, 0.05) is 44.2 Å². The molecule has 156 valence electrons. The molecule has 1 aliphatic carbocycles. The van der Waals surface area contributed by atoms with Gasteiger partial charge in [-0.05, 0) is 24.8 Å². The van der Waals surface area contributed by atoms with E-state index < -0.39 is 18.1 Å². The molecular weight excluding hydrogens is 381 g/mol. The monoisotopic (exact) mass is 406 g/mol. The van der Waals surface area contributed by atoms with Gasteiger partial charge in [0.1, 0.15) is 0 Å². The van der Waals surface area contributed by atoms with E-state index in [0.717, 1.165) is 23.6 Å². The maximum absolute atomic E-state index is 13.4. The van der Waals surface area contributed by atoms with Gasteiger partial charge in [-0.25, -0.2) is 0 Å². The van der Waals surface area contributed by atoms with Gasteiger partial charge in [-0.1, -0.05) is 30.3 Å². The van der Waals surface area contributed by atoms with Crippen molar-refractivity contribution >= 4 is 5.91 Å². The number of rotatable bonds is 5. The smallest absolute Gasteiger partial charge is 0.328 e. The first-order valence-electron chi connectivity index (χ1n) is 10.1. The zero-order valence-electron chi connectivity index (χ0n) is 16.2. The number of nitrogens with zero attached hydrogens (tertiary/aromatic N) is 3. The molecule has 2 saturated heterocycles. The molecule has 1 unspecified atom stereocenters. The lowest BCUT2D eigenvalue weighted by Gasteiger charge is -2.52. The van der Waals surface area contributed by atoms with Gasteiger partial charge in [0.2, 0.25) is 0 Å². The van der Waals surface area contributed by atoms with Crippen LogP contribution in [0.5, 0.6) is 0 Å². The number of alkyl halides is 3. The van der Waals surface area contributed by atoms with Crippen molar-refractivity contribution in [3.63, 3.8) is 0 Å². The second kappa shape index (κ2) is 7.62. The van der Waals surface area contributed by atoms with E-state index in [4.69, 9.17) is 5.26 Å². The third kappa shape index (κ3) is 3.86. The molecule has 2 atom stereocenters. The zero-order chi connectivity index (χ0) is 20.6. The summed E-state index contributed by atoms with van der Waals surface area (Å²) in [4.78, 5) is 15.7. The van der Waals surface area contributed by atoms with E-state index in [0.29, 0.717) is 38.8 Å². The molecule has 5 nitrogen and oxygen atoms in total. The third-order valence-electron chi connectivity index (χ3n) is 6.66. The highest BCUT2D eigenvalue weighted by molar-refractivity contribution is 5.83. The van der Waals surface area contributed by atoms with E-state index in [1.807, 2.05) is 30.3 Å². The first-order valence-corrected chi connectivity index (χ1v) is 10.1. The van der Waals surface area contributed by atoms with Crippen molar-refractivity contribution in [3.05, 3.63) is 35.9 Å². The number of amides is 1. The topological polar surface area (TPSA) is 59.4 Å². The molecule has 1 saturated carbocycles. The second-order valence-electron chi connectivity index (χ2n) is 8.41. The fraction of sp³-hybridized carbons (Fsp3) is 0.619. The Morgan fingerprint density at radius 2 is 1.90 bits per heavy atom. The molecule has 1 N–H and O–H groups in total. The van der Waals surface area contributed by atoms with Gasteiger partial charge in [-0.2, -0.15) is 18.4 Å². The predicted octanol–water partition coefficient (Wildman–Crippen LogP) is 2.65. The molecule has 1 aromatic rings. The molecule has 29 heavy (non-hydrogen) atoms. The number of piperidine rings is 1. The van der Waals surface area contributed by atoms with Crippen LogP contribution >= 0.6 is 0 Å². The Kier molecular flexibility index (Phi) is 5.30. The number of nitriles is 1. The number of carbonyl (C=O) groups is 1. The van der Waals surface area contributed by atoms with Crippen molar-refractivity contribution in [1.82, 2.24) is 15.1 Å². The van der Waals surface area contributed by atoms with Crippen molar-refractivity contribution in [1.29, 1.82) is 5.26 Å². The molecular formula is C21H25F3N4O. The van der Waals surface area contributed by atoms with E-state index in [9.17, 15) is 18.0 Å². The average molecular weight is 406 g/mol. The molecule has 3 fully saturated rings. The van der Waals surface area contributed by atoms with Crippen LogP contribution in [0.4, 0.5) is 13.2 Å². The number of hydrogen-bond acceptors (Lipinski definition) is 4. The minimum Gasteiger partial charge on any atom is -0.328 e. The number of halogens is 3. The molecule has 8 heteroatoms.